The lowest BCUT2D eigenvalue weighted by Crippen LogP contribution is -2.09. The van der Waals surface area contributed by atoms with Gasteiger partial charge in [-0.3, -0.25) is 0 Å². The molecule has 0 atom stereocenters. The van der Waals surface area contributed by atoms with Crippen molar-refractivity contribution in [1.29, 1.82) is 10.5 Å². The Morgan fingerprint density at radius 3 is 1.64 bits per heavy atom. The van der Waals surface area contributed by atoms with Crippen LogP contribution in [0.5, 0.6) is 0 Å². The highest BCUT2D eigenvalue weighted by atomic mass is 14.5. The Morgan fingerprint density at radius 1 is 1.09 bits per heavy atom. The summed E-state index contributed by atoms with van der Waals surface area (Å²) in [6.45, 7) is 7.45. The molecule has 0 aromatic carbocycles. The van der Waals surface area contributed by atoms with Crippen LogP contribution in [0.15, 0.2) is 24.3 Å². The van der Waals surface area contributed by atoms with Crippen molar-refractivity contribution in [3.05, 3.63) is 24.3 Å². The van der Waals surface area contributed by atoms with E-state index in [4.69, 9.17) is 10.5 Å². The summed E-state index contributed by atoms with van der Waals surface area (Å²) in [5.74, 6) is 0. The molecule has 0 unspecified atom stereocenters. The maximum Gasteiger partial charge on any atom is 0.151 e. The van der Waals surface area contributed by atoms with Gasteiger partial charge in [-0.15, -0.1) is 0 Å². The van der Waals surface area contributed by atoms with Crippen LogP contribution in [0.3, 0.4) is 0 Å². The van der Waals surface area contributed by atoms with E-state index in [1.54, 1.807) is 0 Å². The van der Waals surface area contributed by atoms with Crippen LogP contribution < -0.4 is 0 Å². The van der Waals surface area contributed by atoms with Gasteiger partial charge in [0.05, 0.1) is 12.1 Å². The average Bonchev–Trinajstić information content (AvgIpc) is 2.29. The van der Waals surface area contributed by atoms with Gasteiger partial charge in [0, 0.05) is 12.8 Å². The molecular formula is C9H8N2. The molecule has 1 aliphatic carbocycles. The van der Waals surface area contributed by atoms with Gasteiger partial charge in [0.25, 0.3) is 0 Å². The minimum Gasteiger partial charge on any atom is -0.197 e. The van der Waals surface area contributed by atoms with E-state index in [1.807, 2.05) is 12.1 Å². The molecule has 1 aliphatic rings. The summed E-state index contributed by atoms with van der Waals surface area (Å²) >= 11 is 0. The molecule has 11 heavy (non-hydrogen) atoms. The Labute approximate surface area is 66.1 Å². The lowest BCUT2D eigenvalue weighted by molar-refractivity contribution is 0.573. The SMILES string of the molecule is C=C1CC(C#N)(C#N)CC1=C. The zero-order valence-corrected chi connectivity index (χ0v) is 6.22. The van der Waals surface area contributed by atoms with E-state index < -0.39 is 5.41 Å². The molecule has 0 amide bonds. The number of nitrogens with zero attached hydrogens (tertiary/aromatic N) is 2. The summed E-state index contributed by atoms with van der Waals surface area (Å²) in [6, 6.07) is 4.01. The van der Waals surface area contributed by atoms with Crippen LogP contribution in [0.2, 0.25) is 0 Å². The molecule has 2 heteroatoms. The lowest BCUT2D eigenvalue weighted by atomic mass is 9.90. The molecule has 1 saturated carbocycles. The number of hydrogen-bond donors (Lipinski definition) is 0. The molecule has 2 nitrogen and oxygen atoms in total. The van der Waals surface area contributed by atoms with Crippen molar-refractivity contribution in [2.45, 2.75) is 12.8 Å². The van der Waals surface area contributed by atoms with E-state index in [2.05, 4.69) is 13.2 Å². The number of nitriles is 2. The third-order valence-electron chi connectivity index (χ3n) is 1.96. The number of hydrogen-bond acceptors (Lipinski definition) is 2. The van der Waals surface area contributed by atoms with E-state index in [1.165, 1.54) is 0 Å². The molecule has 54 valence electrons. The first-order valence-corrected chi connectivity index (χ1v) is 3.32. The fourth-order valence-corrected chi connectivity index (χ4v) is 1.22. The first kappa shape index (κ1) is 7.57. The Bertz CT molecular complexity index is 267. The standard InChI is InChI=1S/C9H8N2/c1-7-3-9(5-10,6-11)4-8(7)2/h1-4H2. The molecule has 0 spiro atoms. The minimum atomic E-state index is -0.867. The van der Waals surface area contributed by atoms with Gasteiger partial charge in [0.1, 0.15) is 0 Å². The molecule has 0 saturated heterocycles. The minimum absolute atomic E-state index is 0.457. The first-order chi connectivity index (χ1) is 5.13. The predicted molar refractivity (Wildman–Crippen MR) is 41.2 cm³/mol. The largest absolute Gasteiger partial charge is 0.197 e. The van der Waals surface area contributed by atoms with Gasteiger partial charge in [-0.2, -0.15) is 10.5 Å². The molecule has 0 aromatic rings. The number of rotatable bonds is 0. The Kier molecular flexibility index (Phi) is 1.55. The molecule has 0 radical (unpaired) electrons. The average molecular weight is 144 g/mol. The van der Waals surface area contributed by atoms with Crippen molar-refractivity contribution in [3.63, 3.8) is 0 Å². The predicted octanol–water partition coefficient (Wildman–Crippen LogP) is 1.93. The van der Waals surface area contributed by atoms with Gasteiger partial charge in [-0.25, -0.2) is 0 Å². The second kappa shape index (κ2) is 2.25. The van der Waals surface area contributed by atoms with Crippen molar-refractivity contribution in [2.75, 3.05) is 0 Å². The van der Waals surface area contributed by atoms with Crippen molar-refractivity contribution in [2.24, 2.45) is 5.41 Å². The lowest BCUT2D eigenvalue weighted by Gasteiger charge is -2.05. The van der Waals surface area contributed by atoms with E-state index in [9.17, 15) is 0 Å². The number of allylic oxidation sites excluding steroid dienone is 2. The maximum atomic E-state index is 8.70. The van der Waals surface area contributed by atoms with Crippen LogP contribution in [0.1, 0.15) is 12.8 Å². The van der Waals surface area contributed by atoms with Crippen molar-refractivity contribution in [1.82, 2.24) is 0 Å². The summed E-state index contributed by atoms with van der Waals surface area (Å²) in [5, 5.41) is 17.4. The van der Waals surface area contributed by atoms with Gasteiger partial charge >= 0.3 is 0 Å². The van der Waals surface area contributed by atoms with Crippen LogP contribution in [0, 0.1) is 28.1 Å². The molecule has 0 aromatic heterocycles. The third-order valence-corrected chi connectivity index (χ3v) is 1.96. The van der Waals surface area contributed by atoms with Gasteiger partial charge in [0.15, 0.2) is 5.41 Å². The highest BCUT2D eigenvalue weighted by Gasteiger charge is 2.38. The van der Waals surface area contributed by atoms with Crippen molar-refractivity contribution < 1.29 is 0 Å². The summed E-state index contributed by atoms with van der Waals surface area (Å²) in [5.41, 5.74) is 0.815. The Balaban J connectivity index is 2.99. The molecule has 1 fully saturated rings. The summed E-state index contributed by atoms with van der Waals surface area (Å²) in [4.78, 5) is 0. The third kappa shape index (κ3) is 1.04. The molecule has 0 heterocycles. The molecule has 0 aliphatic heterocycles. The van der Waals surface area contributed by atoms with Gasteiger partial charge in [0.2, 0.25) is 0 Å². The van der Waals surface area contributed by atoms with Crippen LogP contribution in [-0.2, 0) is 0 Å². The summed E-state index contributed by atoms with van der Waals surface area (Å²) in [7, 11) is 0. The zero-order valence-electron chi connectivity index (χ0n) is 6.22. The topological polar surface area (TPSA) is 47.6 Å². The van der Waals surface area contributed by atoms with E-state index >= 15 is 0 Å². The van der Waals surface area contributed by atoms with E-state index in [0.29, 0.717) is 12.8 Å². The highest BCUT2D eigenvalue weighted by Crippen LogP contribution is 2.42. The van der Waals surface area contributed by atoms with Crippen LogP contribution >= 0.6 is 0 Å². The summed E-state index contributed by atoms with van der Waals surface area (Å²) in [6.07, 6.45) is 0.914. The van der Waals surface area contributed by atoms with E-state index in [0.717, 1.165) is 11.1 Å². The van der Waals surface area contributed by atoms with Crippen LogP contribution in [0.4, 0.5) is 0 Å². The van der Waals surface area contributed by atoms with Gasteiger partial charge < -0.3 is 0 Å². The highest BCUT2D eigenvalue weighted by molar-refractivity contribution is 5.40. The van der Waals surface area contributed by atoms with Crippen LogP contribution in [0.25, 0.3) is 0 Å². The van der Waals surface area contributed by atoms with E-state index in [-0.39, 0.29) is 0 Å². The smallest absolute Gasteiger partial charge is 0.151 e. The molecule has 1 rings (SSSR count). The zero-order chi connectivity index (χ0) is 8.48. The monoisotopic (exact) mass is 144 g/mol. The fourth-order valence-electron chi connectivity index (χ4n) is 1.22. The quantitative estimate of drug-likeness (QED) is 0.521. The van der Waals surface area contributed by atoms with Crippen molar-refractivity contribution in [3.8, 4) is 12.1 Å². The fraction of sp³-hybridized carbons (Fsp3) is 0.333. The van der Waals surface area contributed by atoms with Gasteiger partial charge in [-0.05, 0) is 11.1 Å². The Morgan fingerprint density at radius 2 is 1.45 bits per heavy atom. The first-order valence-electron chi connectivity index (χ1n) is 3.32. The summed E-state index contributed by atoms with van der Waals surface area (Å²) < 4.78 is 0. The second-order valence-corrected chi connectivity index (χ2v) is 2.87. The van der Waals surface area contributed by atoms with Crippen molar-refractivity contribution >= 4 is 0 Å². The molecule has 0 bridgehead atoms. The second-order valence-electron chi connectivity index (χ2n) is 2.87. The maximum absolute atomic E-state index is 8.70. The van der Waals surface area contributed by atoms with Gasteiger partial charge in [-0.1, -0.05) is 13.2 Å². The normalized spacial score (nSPS) is 20.9. The Hall–Kier alpha value is -1.54. The molecular weight excluding hydrogens is 136 g/mol. The molecule has 0 N–H and O–H groups in total. The van der Waals surface area contributed by atoms with Crippen LogP contribution in [-0.4, -0.2) is 0 Å².